The van der Waals surface area contributed by atoms with Gasteiger partial charge in [-0.05, 0) is 54.5 Å². The van der Waals surface area contributed by atoms with E-state index in [2.05, 4.69) is 36.5 Å². The van der Waals surface area contributed by atoms with Gasteiger partial charge in [-0.1, -0.05) is 28.1 Å². The number of nitrogens with one attached hydrogen (secondary N) is 1. The summed E-state index contributed by atoms with van der Waals surface area (Å²) >= 11 is 8.71. The average molecular weight is 473 g/mol. The van der Waals surface area contributed by atoms with E-state index in [0.29, 0.717) is 5.71 Å². The van der Waals surface area contributed by atoms with Crippen LogP contribution in [0.15, 0.2) is 63.5 Å². The van der Waals surface area contributed by atoms with E-state index in [1.807, 2.05) is 24.3 Å². The second kappa shape index (κ2) is 9.48. The van der Waals surface area contributed by atoms with Crippen molar-refractivity contribution >= 4 is 57.0 Å². The van der Waals surface area contributed by atoms with E-state index >= 15 is 0 Å². The van der Waals surface area contributed by atoms with Crippen molar-refractivity contribution in [1.82, 2.24) is 20.3 Å². The molecule has 0 radical (unpaired) electrons. The SMILES string of the molecule is CC(=NN1C(=O)CN(CC(=O)N/N=C/c2ccncc2)C1=S)c1ccc(Br)cc1. The Balaban J connectivity index is 1.59. The number of aromatic nitrogens is 1. The number of hydrazone groups is 2. The van der Waals surface area contributed by atoms with E-state index in [0.717, 1.165) is 20.6 Å². The Kier molecular flexibility index (Phi) is 6.78. The molecular weight excluding hydrogens is 456 g/mol. The predicted octanol–water partition coefficient (Wildman–Crippen LogP) is 2.15. The van der Waals surface area contributed by atoms with Crippen molar-refractivity contribution in [2.24, 2.45) is 10.2 Å². The highest BCUT2D eigenvalue weighted by Gasteiger charge is 2.34. The van der Waals surface area contributed by atoms with Crippen LogP contribution in [0.1, 0.15) is 18.1 Å². The second-order valence-corrected chi connectivity index (χ2v) is 7.39. The van der Waals surface area contributed by atoms with Gasteiger partial charge in [-0.2, -0.15) is 15.2 Å². The van der Waals surface area contributed by atoms with Crippen LogP contribution in [0.5, 0.6) is 0 Å². The van der Waals surface area contributed by atoms with Crippen LogP contribution >= 0.6 is 28.1 Å². The van der Waals surface area contributed by atoms with Gasteiger partial charge in [0.15, 0.2) is 0 Å². The minimum Gasteiger partial charge on any atom is -0.329 e. The van der Waals surface area contributed by atoms with Crippen LogP contribution in [0.2, 0.25) is 0 Å². The van der Waals surface area contributed by atoms with Gasteiger partial charge >= 0.3 is 0 Å². The zero-order valence-corrected chi connectivity index (χ0v) is 17.9. The number of hydrogen-bond donors (Lipinski definition) is 1. The fourth-order valence-electron chi connectivity index (χ4n) is 2.50. The Bertz CT molecular complexity index is 978. The quantitative estimate of drug-likeness (QED) is 0.395. The van der Waals surface area contributed by atoms with Crippen LogP contribution in [0, 0.1) is 0 Å². The van der Waals surface area contributed by atoms with Gasteiger partial charge in [-0.3, -0.25) is 14.6 Å². The third kappa shape index (κ3) is 5.52. The molecule has 8 nitrogen and oxygen atoms in total. The number of halogens is 1. The molecule has 0 spiro atoms. The van der Waals surface area contributed by atoms with Crippen LogP contribution in [0.25, 0.3) is 0 Å². The van der Waals surface area contributed by atoms with Crippen LogP contribution in [0.3, 0.4) is 0 Å². The summed E-state index contributed by atoms with van der Waals surface area (Å²) < 4.78 is 0.950. The number of pyridine rings is 1. The van der Waals surface area contributed by atoms with Crippen molar-refractivity contribution in [2.45, 2.75) is 6.92 Å². The van der Waals surface area contributed by atoms with Crippen LogP contribution in [-0.2, 0) is 9.59 Å². The molecule has 1 aliphatic rings. The summed E-state index contributed by atoms with van der Waals surface area (Å²) in [7, 11) is 0. The highest BCUT2D eigenvalue weighted by molar-refractivity contribution is 9.10. The lowest BCUT2D eigenvalue weighted by Crippen LogP contribution is -2.37. The molecule has 148 valence electrons. The Labute approximate surface area is 181 Å². The average Bonchev–Trinajstić information content (AvgIpc) is 2.96. The molecule has 0 aliphatic carbocycles. The second-order valence-electron chi connectivity index (χ2n) is 6.11. The predicted molar refractivity (Wildman–Crippen MR) is 117 cm³/mol. The van der Waals surface area contributed by atoms with Gasteiger partial charge in [0.25, 0.3) is 11.8 Å². The fourth-order valence-corrected chi connectivity index (χ4v) is 3.03. The summed E-state index contributed by atoms with van der Waals surface area (Å²) in [4.78, 5) is 29.8. The van der Waals surface area contributed by atoms with Crippen molar-refractivity contribution < 1.29 is 9.59 Å². The summed E-state index contributed by atoms with van der Waals surface area (Å²) in [6, 6.07) is 11.1. The van der Waals surface area contributed by atoms with Gasteiger partial charge in [0.1, 0.15) is 13.1 Å². The molecule has 2 amide bonds. The normalized spacial score (nSPS) is 14.8. The van der Waals surface area contributed by atoms with Gasteiger partial charge in [0.05, 0.1) is 11.9 Å². The molecule has 10 heteroatoms. The number of benzene rings is 1. The molecule has 1 aliphatic heterocycles. The first-order chi connectivity index (χ1) is 13.9. The van der Waals surface area contributed by atoms with Gasteiger partial charge in [-0.25, -0.2) is 5.43 Å². The van der Waals surface area contributed by atoms with E-state index in [4.69, 9.17) is 12.2 Å². The molecule has 2 aromatic rings. The van der Waals surface area contributed by atoms with Crippen molar-refractivity contribution in [3.63, 3.8) is 0 Å². The maximum Gasteiger partial charge on any atom is 0.269 e. The molecule has 1 fully saturated rings. The third-order valence-corrected chi connectivity index (χ3v) is 4.93. The monoisotopic (exact) mass is 472 g/mol. The van der Waals surface area contributed by atoms with Crippen molar-refractivity contribution in [1.29, 1.82) is 0 Å². The van der Waals surface area contributed by atoms with Gasteiger partial charge in [0.2, 0.25) is 5.11 Å². The molecule has 0 unspecified atom stereocenters. The highest BCUT2D eigenvalue weighted by Crippen LogP contribution is 2.15. The van der Waals surface area contributed by atoms with Gasteiger partial charge in [0, 0.05) is 16.9 Å². The molecule has 2 heterocycles. The van der Waals surface area contributed by atoms with Crippen LogP contribution in [-0.4, -0.2) is 56.8 Å². The Morgan fingerprint density at radius 1 is 1.28 bits per heavy atom. The molecule has 1 N–H and O–H groups in total. The zero-order chi connectivity index (χ0) is 20.8. The minimum absolute atomic E-state index is 0.0164. The first kappa shape index (κ1) is 20.7. The summed E-state index contributed by atoms with van der Waals surface area (Å²) in [5, 5.41) is 9.56. The van der Waals surface area contributed by atoms with Crippen molar-refractivity contribution in [2.75, 3.05) is 13.1 Å². The molecule has 0 saturated carbocycles. The lowest BCUT2D eigenvalue weighted by Gasteiger charge is -2.16. The lowest BCUT2D eigenvalue weighted by atomic mass is 10.1. The van der Waals surface area contributed by atoms with Gasteiger partial charge < -0.3 is 4.90 Å². The maximum absolute atomic E-state index is 12.3. The molecule has 1 saturated heterocycles. The largest absolute Gasteiger partial charge is 0.329 e. The van der Waals surface area contributed by atoms with E-state index in [1.165, 1.54) is 11.1 Å². The number of carbonyl (C=O) groups is 2. The van der Waals surface area contributed by atoms with Crippen molar-refractivity contribution in [3.8, 4) is 0 Å². The van der Waals surface area contributed by atoms with E-state index in [-0.39, 0.29) is 30.0 Å². The van der Waals surface area contributed by atoms with E-state index in [1.54, 1.807) is 31.5 Å². The topological polar surface area (TPSA) is 90.3 Å². The molecule has 29 heavy (non-hydrogen) atoms. The molecule has 0 bridgehead atoms. The van der Waals surface area contributed by atoms with Gasteiger partial charge in [-0.15, -0.1) is 0 Å². The molecule has 1 aromatic heterocycles. The van der Waals surface area contributed by atoms with E-state index in [9.17, 15) is 9.59 Å². The molecular formula is C19H17BrN6O2S. The molecule has 0 atom stereocenters. The number of hydrogen-bond acceptors (Lipinski definition) is 6. The first-order valence-electron chi connectivity index (χ1n) is 8.59. The first-order valence-corrected chi connectivity index (χ1v) is 9.79. The molecule has 3 rings (SSSR count). The van der Waals surface area contributed by atoms with E-state index < -0.39 is 0 Å². The highest BCUT2D eigenvalue weighted by atomic mass is 79.9. The smallest absolute Gasteiger partial charge is 0.269 e. The van der Waals surface area contributed by atoms with Crippen LogP contribution in [0.4, 0.5) is 0 Å². The lowest BCUT2D eigenvalue weighted by molar-refractivity contribution is -0.125. The number of nitrogens with zero attached hydrogens (tertiary/aromatic N) is 5. The Morgan fingerprint density at radius 2 is 1.97 bits per heavy atom. The standard InChI is InChI=1S/C19H17BrN6O2S/c1-13(15-2-4-16(20)5-3-15)24-26-18(28)12-25(19(26)29)11-17(27)23-22-10-14-6-8-21-9-7-14/h2-10H,11-12H2,1H3,(H,23,27)/b22-10+,24-13?. The minimum atomic E-state index is -0.388. The number of amides is 2. The number of carbonyl (C=O) groups excluding carboxylic acids is 2. The fraction of sp³-hybridized carbons (Fsp3) is 0.158. The summed E-state index contributed by atoms with van der Waals surface area (Å²) in [6.45, 7) is 1.68. The maximum atomic E-state index is 12.3. The Morgan fingerprint density at radius 3 is 2.66 bits per heavy atom. The summed E-state index contributed by atoms with van der Waals surface area (Å²) in [6.07, 6.45) is 4.76. The number of rotatable bonds is 6. The van der Waals surface area contributed by atoms with Crippen molar-refractivity contribution in [3.05, 3.63) is 64.4 Å². The zero-order valence-electron chi connectivity index (χ0n) is 15.4. The summed E-state index contributed by atoms with van der Waals surface area (Å²) in [5.74, 6) is -0.680. The summed E-state index contributed by atoms with van der Waals surface area (Å²) in [5.41, 5.74) is 4.73. The molecule has 1 aromatic carbocycles. The third-order valence-electron chi connectivity index (χ3n) is 3.97. The Hall–Kier alpha value is -2.98. The van der Waals surface area contributed by atoms with Crippen LogP contribution < -0.4 is 5.43 Å². The number of thiocarbonyl (C=S) groups is 1.